The molecule has 0 fully saturated rings. The van der Waals surface area contributed by atoms with Gasteiger partial charge in [-0.15, -0.1) is 0 Å². The van der Waals surface area contributed by atoms with Crippen molar-refractivity contribution in [2.75, 3.05) is 13.7 Å². The number of rotatable bonds is 4. The smallest absolute Gasteiger partial charge is 0.207 e. The Morgan fingerprint density at radius 1 is 1.38 bits per heavy atom. The average molecular weight is 183 g/mol. The molecule has 0 radical (unpaired) electrons. The second-order valence-electron chi connectivity index (χ2n) is 2.62. The highest BCUT2D eigenvalue weighted by Gasteiger charge is 2.04. The number of methoxy groups -OCH3 is 1. The van der Waals surface area contributed by atoms with Gasteiger partial charge in [0.05, 0.1) is 7.11 Å². The van der Waals surface area contributed by atoms with Crippen LogP contribution in [0.2, 0.25) is 0 Å². The fourth-order valence-corrected chi connectivity index (χ4v) is 1.11. The summed E-state index contributed by atoms with van der Waals surface area (Å²) in [4.78, 5) is 4.16. The second kappa shape index (κ2) is 4.69. The minimum atomic E-state index is 0.313. The molecule has 0 aromatic heterocycles. The molecule has 0 aliphatic carbocycles. The van der Waals surface area contributed by atoms with Crippen molar-refractivity contribution in [3.05, 3.63) is 23.8 Å². The monoisotopic (exact) mass is 183 g/mol. The molecule has 4 heteroatoms. The molecule has 0 atom stereocenters. The van der Waals surface area contributed by atoms with Crippen molar-refractivity contribution in [2.45, 2.75) is 6.42 Å². The molecule has 1 aromatic carbocycles. The van der Waals surface area contributed by atoms with E-state index in [9.17, 15) is 0 Å². The summed E-state index contributed by atoms with van der Waals surface area (Å²) in [6.45, 7) is 0.567. The highest BCUT2D eigenvalue weighted by atomic mass is 17.1. The van der Waals surface area contributed by atoms with Crippen molar-refractivity contribution in [1.82, 2.24) is 0 Å². The number of hydrogen-bond acceptors (Lipinski definition) is 4. The van der Waals surface area contributed by atoms with Gasteiger partial charge in [-0.25, -0.2) is 5.26 Å². The van der Waals surface area contributed by atoms with Crippen LogP contribution in [0, 0.1) is 0 Å². The van der Waals surface area contributed by atoms with E-state index in [4.69, 9.17) is 15.7 Å². The van der Waals surface area contributed by atoms with Crippen LogP contribution in [-0.2, 0) is 6.42 Å². The summed E-state index contributed by atoms with van der Waals surface area (Å²) in [6, 6.07) is 5.32. The van der Waals surface area contributed by atoms with Crippen molar-refractivity contribution >= 4 is 0 Å². The summed E-state index contributed by atoms with van der Waals surface area (Å²) >= 11 is 0. The molecule has 0 heterocycles. The second-order valence-corrected chi connectivity index (χ2v) is 2.62. The van der Waals surface area contributed by atoms with Gasteiger partial charge in [-0.1, -0.05) is 6.07 Å². The predicted octanol–water partition coefficient (Wildman–Crippen LogP) is 1.05. The van der Waals surface area contributed by atoms with E-state index < -0.39 is 0 Å². The first-order valence-electron chi connectivity index (χ1n) is 4.00. The Labute approximate surface area is 76.8 Å². The molecule has 0 spiro atoms. The fourth-order valence-electron chi connectivity index (χ4n) is 1.11. The molecule has 0 saturated carbocycles. The summed E-state index contributed by atoms with van der Waals surface area (Å²) in [5.74, 6) is 0.816. The van der Waals surface area contributed by atoms with Crippen LogP contribution in [0.15, 0.2) is 18.2 Å². The Kier molecular flexibility index (Phi) is 3.54. The number of ether oxygens (including phenoxy) is 1. The Bertz CT molecular complexity index is 276. The lowest BCUT2D eigenvalue weighted by atomic mass is 10.1. The molecule has 0 unspecified atom stereocenters. The van der Waals surface area contributed by atoms with E-state index in [1.54, 1.807) is 12.1 Å². The molecule has 0 aliphatic rings. The van der Waals surface area contributed by atoms with Crippen LogP contribution in [-0.4, -0.2) is 18.9 Å². The maximum absolute atomic E-state index is 8.53. The van der Waals surface area contributed by atoms with Crippen molar-refractivity contribution < 1.29 is 14.9 Å². The summed E-state index contributed by atoms with van der Waals surface area (Å²) in [5, 5.41) is 8.53. The van der Waals surface area contributed by atoms with Gasteiger partial charge in [0.1, 0.15) is 0 Å². The highest BCUT2D eigenvalue weighted by molar-refractivity contribution is 5.42. The molecule has 13 heavy (non-hydrogen) atoms. The summed E-state index contributed by atoms with van der Waals surface area (Å²) in [5.41, 5.74) is 6.39. The lowest BCUT2D eigenvalue weighted by Crippen LogP contribution is -2.03. The van der Waals surface area contributed by atoms with Crippen LogP contribution in [0.25, 0.3) is 0 Å². The van der Waals surface area contributed by atoms with E-state index >= 15 is 0 Å². The van der Waals surface area contributed by atoms with Crippen LogP contribution >= 0.6 is 0 Å². The Hall–Kier alpha value is -1.26. The van der Waals surface area contributed by atoms with Crippen LogP contribution in [0.1, 0.15) is 5.56 Å². The average Bonchev–Trinajstić information content (AvgIpc) is 2.18. The third-order valence-corrected chi connectivity index (χ3v) is 1.76. The summed E-state index contributed by atoms with van der Waals surface area (Å²) in [7, 11) is 1.51. The standard InChI is InChI=1S/C9H13NO3/c1-12-8-3-2-7(4-5-10)6-9(8)13-11/h2-3,6,11H,4-5,10H2,1H3. The molecular formula is C9H13NO3. The number of nitrogens with two attached hydrogens (primary N) is 1. The Morgan fingerprint density at radius 3 is 2.69 bits per heavy atom. The third kappa shape index (κ3) is 2.34. The van der Waals surface area contributed by atoms with Gasteiger partial charge >= 0.3 is 0 Å². The molecule has 0 aliphatic heterocycles. The van der Waals surface area contributed by atoms with Gasteiger partial charge in [0.25, 0.3) is 0 Å². The molecule has 4 nitrogen and oxygen atoms in total. The zero-order valence-corrected chi connectivity index (χ0v) is 7.49. The van der Waals surface area contributed by atoms with Gasteiger partial charge in [-0.3, -0.25) is 0 Å². The lowest BCUT2D eigenvalue weighted by molar-refractivity contribution is -0.139. The van der Waals surface area contributed by atoms with E-state index in [-0.39, 0.29) is 0 Å². The Balaban J connectivity index is 2.91. The largest absolute Gasteiger partial charge is 0.493 e. The molecule has 1 aromatic rings. The Morgan fingerprint density at radius 2 is 2.15 bits per heavy atom. The fraction of sp³-hybridized carbons (Fsp3) is 0.333. The maximum Gasteiger partial charge on any atom is 0.207 e. The van der Waals surface area contributed by atoms with Crippen molar-refractivity contribution in [3.8, 4) is 11.5 Å². The van der Waals surface area contributed by atoms with Gasteiger partial charge in [0, 0.05) is 0 Å². The molecular weight excluding hydrogens is 170 g/mol. The van der Waals surface area contributed by atoms with Crippen LogP contribution in [0.4, 0.5) is 0 Å². The quantitative estimate of drug-likeness (QED) is 0.541. The first-order valence-corrected chi connectivity index (χ1v) is 4.00. The molecule has 1 rings (SSSR count). The number of hydrogen-bond donors (Lipinski definition) is 2. The van der Waals surface area contributed by atoms with Crippen molar-refractivity contribution in [3.63, 3.8) is 0 Å². The van der Waals surface area contributed by atoms with Crippen molar-refractivity contribution in [2.24, 2.45) is 5.73 Å². The van der Waals surface area contributed by atoms with Gasteiger partial charge in [0.15, 0.2) is 5.75 Å². The van der Waals surface area contributed by atoms with Crippen LogP contribution in [0.5, 0.6) is 11.5 Å². The van der Waals surface area contributed by atoms with Crippen LogP contribution in [0.3, 0.4) is 0 Å². The zero-order valence-electron chi connectivity index (χ0n) is 7.49. The molecule has 3 N–H and O–H groups in total. The normalized spacial score (nSPS) is 9.77. The van der Waals surface area contributed by atoms with E-state index in [0.29, 0.717) is 18.0 Å². The van der Waals surface area contributed by atoms with E-state index in [0.717, 1.165) is 12.0 Å². The van der Waals surface area contributed by atoms with Gasteiger partial charge < -0.3 is 15.4 Å². The summed E-state index contributed by atoms with van der Waals surface area (Å²) in [6.07, 6.45) is 0.750. The van der Waals surface area contributed by atoms with E-state index in [1.165, 1.54) is 7.11 Å². The summed E-state index contributed by atoms with van der Waals surface area (Å²) < 4.78 is 4.95. The minimum Gasteiger partial charge on any atom is -0.493 e. The third-order valence-electron chi connectivity index (χ3n) is 1.76. The first kappa shape index (κ1) is 9.83. The molecule has 0 amide bonds. The lowest BCUT2D eigenvalue weighted by Gasteiger charge is -2.06. The van der Waals surface area contributed by atoms with Crippen LogP contribution < -0.4 is 15.4 Å². The number of benzene rings is 1. The zero-order chi connectivity index (χ0) is 9.68. The predicted molar refractivity (Wildman–Crippen MR) is 49.0 cm³/mol. The van der Waals surface area contributed by atoms with Gasteiger partial charge in [0.2, 0.25) is 5.75 Å². The topological polar surface area (TPSA) is 64.7 Å². The molecule has 72 valence electrons. The molecule has 0 saturated heterocycles. The van der Waals surface area contributed by atoms with Gasteiger partial charge in [-0.2, -0.15) is 0 Å². The maximum atomic E-state index is 8.53. The molecule has 0 bridgehead atoms. The van der Waals surface area contributed by atoms with Crippen molar-refractivity contribution in [1.29, 1.82) is 0 Å². The van der Waals surface area contributed by atoms with E-state index in [2.05, 4.69) is 4.89 Å². The minimum absolute atomic E-state index is 0.313. The highest BCUT2D eigenvalue weighted by Crippen LogP contribution is 2.27. The van der Waals surface area contributed by atoms with E-state index in [1.807, 2.05) is 6.07 Å². The van der Waals surface area contributed by atoms with Gasteiger partial charge in [-0.05, 0) is 30.7 Å². The first-order chi connectivity index (χ1) is 6.31. The SMILES string of the molecule is COc1ccc(CCN)cc1OO.